The number of nitrogens with one attached hydrogen (secondary N) is 1. The summed E-state index contributed by atoms with van der Waals surface area (Å²) in [4.78, 5) is 13.2. The Hall–Kier alpha value is -2.37. The molecule has 0 spiro atoms. The number of hydrazine groups is 1. The smallest absolute Gasteiger partial charge is 0.255 e. The number of nitrogens with zero attached hydrogens (tertiary/aromatic N) is 2. The third kappa shape index (κ3) is 5.83. The lowest BCUT2D eigenvalue weighted by Crippen LogP contribution is -2.38. The summed E-state index contributed by atoms with van der Waals surface area (Å²) in [5.74, 6) is 1.12. The van der Waals surface area contributed by atoms with Crippen LogP contribution in [0.4, 0.5) is 0 Å². The Balaban J connectivity index is 1.76. The summed E-state index contributed by atoms with van der Waals surface area (Å²) in [6.45, 7) is 12.7. The molecule has 30 heavy (non-hydrogen) atoms. The molecular formula is C25H35N3O2. The van der Waals surface area contributed by atoms with E-state index in [0.29, 0.717) is 23.8 Å². The number of likely N-dealkylation sites (N-methyl/N-ethyl adjacent to an activating group) is 2. The zero-order valence-electron chi connectivity index (χ0n) is 18.7. The van der Waals surface area contributed by atoms with Gasteiger partial charge in [0, 0.05) is 26.2 Å². The van der Waals surface area contributed by atoms with Crippen LogP contribution in [0.3, 0.4) is 0 Å². The van der Waals surface area contributed by atoms with Gasteiger partial charge >= 0.3 is 0 Å². The Morgan fingerprint density at radius 2 is 1.70 bits per heavy atom. The first-order valence-corrected chi connectivity index (χ1v) is 11.1. The first-order valence-electron chi connectivity index (χ1n) is 11.1. The minimum absolute atomic E-state index is 0.0531. The maximum Gasteiger partial charge on any atom is 0.255 e. The molecule has 0 atom stereocenters. The zero-order chi connectivity index (χ0) is 21.5. The Morgan fingerprint density at radius 3 is 2.30 bits per heavy atom. The van der Waals surface area contributed by atoms with Crippen LogP contribution in [-0.4, -0.2) is 48.1 Å². The summed E-state index contributed by atoms with van der Waals surface area (Å²) in [7, 11) is 0. The van der Waals surface area contributed by atoms with Gasteiger partial charge in [0.1, 0.15) is 12.4 Å². The minimum atomic E-state index is -0.0531. The molecule has 1 fully saturated rings. The lowest BCUT2D eigenvalue weighted by Gasteiger charge is -2.24. The van der Waals surface area contributed by atoms with E-state index >= 15 is 0 Å². The predicted molar refractivity (Wildman–Crippen MR) is 122 cm³/mol. The molecule has 1 heterocycles. The number of hydrogen-bond acceptors (Lipinski definition) is 4. The Kier molecular flexibility index (Phi) is 7.88. The molecule has 2 aromatic carbocycles. The van der Waals surface area contributed by atoms with Crippen molar-refractivity contribution in [3.05, 3.63) is 65.2 Å². The quantitative estimate of drug-likeness (QED) is 0.676. The molecule has 1 aliphatic rings. The highest BCUT2D eigenvalue weighted by atomic mass is 16.5. The molecular weight excluding hydrogens is 374 g/mol. The molecule has 0 saturated carbocycles. The van der Waals surface area contributed by atoms with Crippen molar-refractivity contribution < 1.29 is 9.53 Å². The topological polar surface area (TPSA) is 44.8 Å². The molecule has 0 aliphatic carbocycles. The zero-order valence-corrected chi connectivity index (χ0v) is 18.7. The van der Waals surface area contributed by atoms with E-state index in [1.807, 2.05) is 42.5 Å². The number of hydrogen-bond donors (Lipinski definition) is 1. The van der Waals surface area contributed by atoms with E-state index < -0.39 is 0 Å². The van der Waals surface area contributed by atoms with E-state index in [1.165, 1.54) is 5.56 Å². The van der Waals surface area contributed by atoms with Crippen LogP contribution in [0.15, 0.2) is 48.5 Å². The summed E-state index contributed by atoms with van der Waals surface area (Å²) >= 11 is 0. The average molecular weight is 410 g/mol. The standard InChI is InChI=1S/C25H35N3O2/c1-5-27-16-22(17-28(27)6-2)26-25(29)23-15-21(14-19(3)4)12-13-24(23)30-18-20-10-8-7-9-11-20/h7-13,15,19,22H,5-6,14,16-18H2,1-4H3,(H,26,29). The number of rotatable bonds is 9. The van der Waals surface area contributed by atoms with Gasteiger partial charge in [0.05, 0.1) is 11.6 Å². The molecule has 0 aromatic heterocycles. The summed E-state index contributed by atoms with van der Waals surface area (Å²) < 4.78 is 6.07. The number of carbonyl (C=O) groups is 1. The van der Waals surface area contributed by atoms with Gasteiger partial charge in [0.2, 0.25) is 0 Å². The Morgan fingerprint density at radius 1 is 1.03 bits per heavy atom. The third-order valence-electron chi connectivity index (χ3n) is 5.50. The van der Waals surface area contributed by atoms with Gasteiger partial charge in [-0.25, -0.2) is 10.0 Å². The van der Waals surface area contributed by atoms with E-state index in [1.54, 1.807) is 0 Å². The molecule has 1 saturated heterocycles. The largest absolute Gasteiger partial charge is 0.488 e. The van der Waals surface area contributed by atoms with Crippen molar-refractivity contribution in [2.75, 3.05) is 26.2 Å². The second-order valence-corrected chi connectivity index (χ2v) is 8.38. The highest BCUT2D eigenvalue weighted by Crippen LogP contribution is 2.24. The fourth-order valence-electron chi connectivity index (χ4n) is 4.02. The Labute approximate surface area is 181 Å². The average Bonchev–Trinajstić information content (AvgIpc) is 3.15. The van der Waals surface area contributed by atoms with Crippen LogP contribution in [0.5, 0.6) is 5.75 Å². The fourth-order valence-corrected chi connectivity index (χ4v) is 4.02. The normalized spacial score (nSPS) is 15.6. The van der Waals surface area contributed by atoms with Gasteiger partial charge in [0.15, 0.2) is 0 Å². The third-order valence-corrected chi connectivity index (χ3v) is 5.50. The van der Waals surface area contributed by atoms with Crippen LogP contribution >= 0.6 is 0 Å². The highest BCUT2D eigenvalue weighted by molar-refractivity contribution is 5.97. The first-order chi connectivity index (χ1) is 14.5. The number of carbonyl (C=O) groups excluding carboxylic acids is 1. The van der Waals surface area contributed by atoms with E-state index in [0.717, 1.165) is 38.2 Å². The van der Waals surface area contributed by atoms with Crippen LogP contribution in [-0.2, 0) is 13.0 Å². The maximum absolute atomic E-state index is 13.2. The van der Waals surface area contributed by atoms with E-state index in [9.17, 15) is 4.79 Å². The monoisotopic (exact) mass is 409 g/mol. The summed E-state index contributed by atoms with van der Waals surface area (Å²) in [6, 6.07) is 16.2. The van der Waals surface area contributed by atoms with E-state index in [4.69, 9.17) is 4.74 Å². The van der Waals surface area contributed by atoms with Crippen LogP contribution in [0.1, 0.15) is 49.2 Å². The highest BCUT2D eigenvalue weighted by Gasteiger charge is 2.29. The van der Waals surface area contributed by atoms with Crippen molar-refractivity contribution in [3.8, 4) is 5.75 Å². The molecule has 162 valence electrons. The lowest BCUT2D eigenvalue weighted by molar-refractivity contribution is 0.0388. The predicted octanol–water partition coefficient (Wildman–Crippen LogP) is 4.13. The molecule has 3 rings (SSSR count). The van der Waals surface area contributed by atoms with Gasteiger partial charge in [-0.15, -0.1) is 0 Å². The summed E-state index contributed by atoms with van der Waals surface area (Å²) in [6.07, 6.45) is 0.940. The molecule has 2 aromatic rings. The van der Waals surface area contributed by atoms with Crippen LogP contribution in [0, 0.1) is 5.92 Å². The summed E-state index contributed by atoms with van der Waals surface area (Å²) in [5, 5.41) is 7.84. The molecule has 1 aliphatic heterocycles. The second kappa shape index (κ2) is 10.6. The van der Waals surface area contributed by atoms with Crippen molar-refractivity contribution >= 4 is 5.91 Å². The molecule has 0 bridgehead atoms. The van der Waals surface area contributed by atoms with Crippen LogP contribution in [0.25, 0.3) is 0 Å². The first kappa shape index (κ1) is 22.3. The molecule has 5 nitrogen and oxygen atoms in total. The number of amides is 1. The van der Waals surface area contributed by atoms with Gasteiger partial charge in [-0.1, -0.05) is 64.1 Å². The van der Waals surface area contributed by atoms with Gasteiger partial charge in [-0.2, -0.15) is 0 Å². The Bertz CT molecular complexity index is 810. The van der Waals surface area contributed by atoms with Gasteiger partial charge in [0.25, 0.3) is 5.91 Å². The molecule has 1 N–H and O–H groups in total. The van der Waals surface area contributed by atoms with Gasteiger partial charge in [-0.05, 0) is 35.6 Å². The molecule has 0 unspecified atom stereocenters. The minimum Gasteiger partial charge on any atom is -0.488 e. The van der Waals surface area contributed by atoms with E-state index in [-0.39, 0.29) is 11.9 Å². The van der Waals surface area contributed by atoms with Crippen LogP contribution in [0.2, 0.25) is 0 Å². The maximum atomic E-state index is 13.2. The molecule has 5 heteroatoms. The second-order valence-electron chi connectivity index (χ2n) is 8.38. The van der Waals surface area contributed by atoms with Crippen molar-refractivity contribution in [1.82, 2.24) is 15.3 Å². The fraction of sp³-hybridized carbons (Fsp3) is 0.480. The van der Waals surface area contributed by atoms with Crippen molar-refractivity contribution in [2.24, 2.45) is 5.92 Å². The summed E-state index contributed by atoms with van der Waals surface area (Å²) in [5.41, 5.74) is 2.88. The molecule has 1 amide bonds. The van der Waals surface area contributed by atoms with Crippen molar-refractivity contribution in [2.45, 2.75) is 46.8 Å². The lowest BCUT2D eigenvalue weighted by atomic mass is 10.00. The molecule has 0 radical (unpaired) electrons. The van der Waals surface area contributed by atoms with Crippen LogP contribution < -0.4 is 10.1 Å². The SMILES string of the molecule is CCN1CC(NC(=O)c2cc(CC(C)C)ccc2OCc2ccccc2)CN1CC. The number of benzene rings is 2. The number of ether oxygens (including phenoxy) is 1. The van der Waals surface area contributed by atoms with Gasteiger partial charge in [-0.3, -0.25) is 4.79 Å². The van der Waals surface area contributed by atoms with E-state index in [2.05, 4.69) is 49.1 Å². The van der Waals surface area contributed by atoms with Crippen molar-refractivity contribution in [1.29, 1.82) is 0 Å². The van der Waals surface area contributed by atoms with Crippen molar-refractivity contribution in [3.63, 3.8) is 0 Å². The van der Waals surface area contributed by atoms with Gasteiger partial charge < -0.3 is 10.1 Å².